The van der Waals surface area contributed by atoms with Crippen molar-refractivity contribution in [3.05, 3.63) is 59.4 Å². The molecule has 0 bridgehead atoms. The van der Waals surface area contributed by atoms with Crippen LogP contribution in [0.3, 0.4) is 0 Å². The molecule has 0 spiro atoms. The summed E-state index contributed by atoms with van der Waals surface area (Å²) in [6.07, 6.45) is 3.95. The summed E-state index contributed by atoms with van der Waals surface area (Å²) in [5, 5.41) is 2.87. The van der Waals surface area contributed by atoms with Crippen LogP contribution in [0.1, 0.15) is 21.5 Å². The van der Waals surface area contributed by atoms with Crippen LogP contribution in [0.5, 0.6) is 5.75 Å². The lowest BCUT2D eigenvalue weighted by Crippen LogP contribution is -2.23. The van der Waals surface area contributed by atoms with Crippen molar-refractivity contribution in [3.8, 4) is 5.75 Å². The Morgan fingerprint density at radius 1 is 1.24 bits per heavy atom. The molecule has 1 heterocycles. The van der Waals surface area contributed by atoms with Crippen molar-refractivity contribution < 1.29 is 9.53 Å². The van der Waals surface area contributed by atoms with Crippen molar-refractivity contribution in [2.24, 2.45) is 5.73 Å². The number of hydrogen-bond donors (Lipinski definition) is 2. The zero-order valence-corrected chi connectivity index (χ0v) is 12.0. The first-order valence-corrected chi connectivity index (χ1v) is 6.78. The smallest absolute Gasteiger partial charge is 0.255 e. The predicted octanol–water partition coefficient (Wildman–Crippen LogP) is 1.52. The van der Waals surface area contributed by atoms with E-state index in [4.69, 9.17) is 10.5 Å². The third-order valence-corrected chi connectivity index (χ3v) is 3.16. The maximum absolute atomic E-state index is 12.1. The Bertz CT molecular complexity index is 597. The Balaban J connectivity index is 1.97. The fourth-order valence-corrected chi connectivity index (χ4v) is 2.00. The third-order valence-electron chi connectivity index (χ3n) is 3.16. The molecule has 3 N–H and O–H groups in total. The summed E-state index contributed by atoms with van der Waals surface area (Å²) in [6.45, 7) is 1.10. The van der Waals surface area contributed by atoms with E-state index in [1.54, 1.807) is 12.3 Å². The zero-order valence-electron chi connectivity index (χ0n) is 12.0. The van der Waals surface area contributed by atoms with Crippen LogP contribution in [0.2, 0.25) is 0 Å². The number of aromatic nitrogens is 1. The molecule has 0 fully saturated rings. The van der Waals surface area contributed by atoms with Crippen molar-refractivity contribution >= 4 is 5.91 Å². The number of amides is 1. The van der Waals surface area contributed by atoms with Crippen LogP contribution in [0.4, 0.5) is 0 Å². The van der Waals surface area contributed by atoms with Crippen molar-refractivity contribution in [1.29, 1.82) is 0 Å². The van der Waals surface area contributed by atoms with Crippen LogP contribution in [0.25, 0.3) is 0 Å². The molecular weight excluding hydrogens is 266 g/mol. The van der Waals surface area contributed by atoms with Crippen LogP contribution in [-0.4, -0.2) is 24.5 Å². The van der Waals surface area contributed by atoms with Gasteiger partial charge in [-0.15, -0.1) is 0 Å². The molecule has 2 aromatic rings. The Kier molecular flexibility index (Phi) is 5.29. The van der Waals surface area contributed by atoms with Gasteiger partial charge in [0.15, 0.2) is 0 Å². The zero-order chi connectivity index (χ0) is 15.1. The highest BCUT2D eigenvalue weighted by Gasteiger charge is 2.11. The van der Waals surface area contributed by atoms with Gasteiger partial charge in [0, 0.05) is 12.7 Å². The van der Waals surface area contributed by atoms with Gasteiger partial charge in [0.1, 0.15) is 5.75 Å². The van der Waals surface area contributed by atoms with Gasteiger partial charge in [0.2, 0.25) is 0 Å². The van der Waals surface area contributed by atoms with Gasteiger partial charge in [-0.25, -0.2) is 0 Å². The number of ether oxygens (including phenoxy) is 1. The lowest BCUT2D eigenvalue weighted by Gasteiger charge is -2.09. The molecule has 5 heteroatoms. The lowest BCUT2D eigenvalue weighted by molar-refractivity contribution is 0.0947. The maximum atomic E-state index is 12.1. The van der Waals surface area contributed by atoms with Crippen molar-refractivity contribution in [1.82, 2.24) is 10.3 Å². The Labute approximate surface area is 124 Å². The number of benzene rings is 1. The SMILES string of the molecule is COc1cnccc1C(=O)NCc1ccc(CCN)cc1. The highest BCUT2D eigenvalue weighted by molar-refractivity contribution is 5.96. The van der Waals surface area contributed by atoms with Gasteiger partial charge in [-0.3, -0.25) is 9.78 Å². The van der Waals surface area contributed by atoms with Crippen molar-refractivity contribution in [2.45, 2.75) is 13.0 Å². The molecule has 0 saturated heterocycles. The molecule has 0 radical (unpaired) electrons. The van der Waals surface area contributed by atoms with Crippen LogP contribution in [-0.2, 0) is 13.0 Å². The summed E-state index contributed by atoms with van der Waals surface area (Å²) in [7, 11) is 1.52. The van der Waals surface area contributed by atoms with Gasteiger partial charge in [-0.1, -0.05) is 24.3 Å². The monoisotopic (exact) mass is 285 g/mol. The first-order valence-electron chi connectivity index (χ1n) is 6.78. The quantitative estimate of drug-likeness (QED) is 0.843. The van der Waals surface area contributed by atoms with E-state index in [0.29, 0.717) is 24.4 Å². The molecule has 0 aliphatic carbocycles. The fraction of sp³-hybridized carbons (Fsp3) is 0.250. The minimum atomic E-state index is -0.180. The molecule has 0 aliphatic rings. The molecule has 2 rings (SSSR count). The molecule has 1 aromatic carbocycles. The number of rotatable bonds is 6. The molecule has 1 aromatic heterocycles. The number of methoxy groups -OCH3 is 1. The molecule has 110 valence electrons. The van der Waals surface area contributed by atoms with Gasteiger partial charge >= 0.3 is 0 Å². The summed E-state index contributed by atoms with van der Waals surface area (Å²) < 4.78 is 5.13. The number of pyridine rings is 1. The Morgan fingerprint density at radius 2 is 1.95 bits per heavy atom. The minimum absolute atomic E-state index is 0.180. The molecule has 0 atom stereocenters. The molecule has 5 nitrogen and oxygen atoms in total. The van der Waals surface area contributed by atoms with E-state index < -0.39 is 0 Å². The third kappa shape index (κ3) is 4.03. The largest absolute Gasteiger partial charge is 0.494 e. The van der Waals surface area contributed by atoms with Crippen LogP contribution in [0, 0.1) is 0 Å². The van der Waals surface area contributed by atoms with Crippen LogP contribution < -0.4 is 15.8 Å². The number of nitrogens with one attached hydrogen (secondary N) is 1. The second-order valence-corrected chi connectivity index (χ2v) is 4.61. The average Bonchev–Trinajstić information content (AvgIpc) is 2.54. The van der Waals surface area contributed by atoms with E-state index in [0.717, 1.165) is 12.0 Å². The van der Waals surface area contributed by atoms with E-state index in [9.17, 15) is 4.79 Å². The summed E-state index contributed by atoms with van der Waals surface area (Å²) >= 11 is 0. The van der Waals surface area contributed by atoms with E-state index in [2.05, 4.69) is 10.3 Å². The van der Waals surface area contributed by atoms with E-state index in [1.807, 2.05) is 24.3 Å². The summed E-state index contributed by atoms with van der Waals surface area (Å²) in [4.78, 5) is 16.1. The first-order chi connectivity index (χ1) is 10.2. The molecule has 0 unspecified atom stereocenters. The second-order valence-electron chi connectivity index (χ2n) is 4.61. The summed E-state index contributed by atoms with van der Waals surface area (Å²) in [6, 6.07) is 9.69. The van der Waals surface area contributed by atoms with Crippen molar-refractivity contribution in [2.75, 3.05) is 13.7 Å². The minimum Gasteiger partial charge on any atom is -0.494 e. The first kappa shape index (κ1) is 15.0. The Hall–Kier alpha value is -2.40. The predicted molar refractivity (Wildman–Crippen MR) is 81.2 cm³/mol. The number of nitrogens with zero attached hydrogens (tertiary/aromatic N) is 1. The molecule has 1 amide bonds. The van der Waals surface area contributed by atoms with Gasteiger partial charge in [-0.05, 0) is 30.2 Å². The highest BCUT2D eigenvalue weighted by atomic mass is 16.5. The standard InChI is InChI=1S/C16H19N3O2/c1-21-15-11-18-9-7-14(15)16(20)19-10-13-4-2-12(3-5-13)6-8-17/h2-5,7,9,11H,6,8,10,17H2,1H3,(H,19,20). The topological polar surface area (TPSA) is 77.2 Å². The van der Waals surface area contributed by atoms with Crippen LogP contribution >= 0.6 is 0 Å². The number of hydrogen-bond acceptors (Lipinski definition) is 4. The highest BCUT2D eigenvalue weighted by Crippen LogP contribution is 2.15. The molecule has 21 heavy (non-hydrogen) atoms. The molecule has 0 saturated carbocycles. The maximum Gasteiger partial charge on any atom is 0.255 e. The number of nitrogens with two attached hydrogens (primary N) is 1. The van der Waals surface area contributed by atoms with Crippen LogP contribution in [0.15, 0.2) is 42.7 Å². The number of carbonyl (C=O) groups excluding carboxylic acids is 1. The normalized spacial score (nSPS) is 10.2. The van der Waals surface area contributed by atoms with E-state index >= 15 is 0 Å². The Morgan fingerprint density at radius 3 is 2.62 bits per heavy atom. The van der Waals surface area contributed by atoms with Gasteiger partial charge in [0.05, 0.1) is 18.9 Å². The number of carbonyl (C=O) groups is 1. The molecular formula is C16H19N3O2. The summed E-state index contributed by atoms with van der Waals surface area (Å²) in [5.41, 5.74) is 8.23. The summed E-state index contributed by atoms with van der Waals surface area (Å²) in [5.74, 6) is 0.286. The van der Waals surface area contributed by atoms with Gasteiger partial charge < -0.3 is 15.8 Å². The van der Waals surface area contributed by atoms with E-state index in [-0.39, 0.29) is 5.91 Å². The van der Waals surface area contributed by atoms with Gasteiger partial charge in [-0.2, -0.15) is 0 Å². The van der Waals surface area contributed by atoms with Crippen molar-refractivity contribution in [3.63, 3.8) is 0 Å². The fourth-order valence-electron chi connectivity index (χ4n) is 2.00. The molecule has 0 aliphatic heterocycles. The average molecular weight is 285 g/mol. The van der Waals surface area contributed by atoms with E-state index in [1.165, 1.54) is 18.9 Å². The van der Waals surface area contributed by atoms with Gasteiger partial charge in [0.25, 0.3) is 5.91 Å². The second kappa shape index (κ2) is 7.40. The lowest BCUT2D eigenvalue weighted by atomic mass is 10.1.